The molecule has 0 spiro atoms. The third kappa shape index (κ3) is 6.53. The van der Waals surface area contributed by atoms with Gasteiger partial charge in [-0.3, -0.25) is 4.72 Å². The average molecular weight is 287 g/mol. The van der Waals surface area contributed by atoms with Gasteiger partial charge in [-0.15, -0.1) is 0 Å². The van der Waals surface area contributed by atoms with E-state index in [1.54, 1.807) is 12.1 Å². The van der Waals surface area contributed by atoms with Crippen LogP contribution in [0.5, 0.6) is 0 Å². The molecule has 6 nitrogen and oxygen atoms in total. The second kappa shape index (κ2) is 8.11. The molecule has 0 amide bonds. The highest BCUT2D eigenvalue weighted by Gasteiger charge is 2.08. The van der Waals surface area contributed by atoms with Crippen LogP contribution in [0.15, 0.2) is 24.3 Å². The summed E-state index contributed by atoms with van der Waals surface area (Å²) in [7, 11) is -2.02. The van der Waals surface area contributed by atoms with Gasteiger partial charge in [-0.2, -0.15) is 13.1 Å². The molecule has 1 rings (SSSR count). The molecule has 7 heteroatoms. The van der Waals surface area contributed by atoms with Crippen molar-refractivity contribution in [2.24, 2.45) is 0 Å². The summed E-state index contributed by atoms with van der Waals surface area (Å²) < 4.78 is 33.1. The van der Waals surface area contributed by atoms with Crippen molar-refractivity contribution in [3.63, 3.8) is 0 Å². The maximum absolute atomic E-state index is 11.7. The van der Waals surface area contributed by atoms with Gasteiger partial charge in [0.05, 0.1) is 12.3 Å². The number of ether oxygens (including phenoxy) is 1. The summed E-state index contributed by atoms with van der Waals surface area (Å²) in [4.78, 5) is 0. The Labute approximate surface area is 114 Å². The number of anilines is 1. The second-order valence-corrected chi connectivity index (χ2v) is 5.47. The molecule has 0 bridgehead atoms. The van der Waals surface area contributed by atoms with Crippen LogP contribution >= 0.6 is 0 Å². The number of nitrogens with one attached hydrogen (secondary N) is 3. The van der Waals surface area contributed by atoms with E-state index in [0.29, 0.717) is 18.8 Å². The fraction of sp³-hybridized carbons (Fsp3) is 0.500. The van der Waals surface area contributed by atoms with Crippen LogP contribution < -0.4 is 14.8 Å². The Hall–Kier alpha value is -1.15. The van der Waals surface area contributed by atoms with Crippen LogP contribution in [0.2, 0.25) is 0 Å². The van der Waals surface area contributed by atoms with Gasteiger partial charge in [-0.1, -0.05) is 19.1 Å². The minimum Gasteiger partial charge on any atom is -0.383 e. The Bertz CT molecular complexity index is 477. The van der Waals surface area contributed by atoms with Crippen molar-refractivity contribution >= 4 is 15.9 Å². The Kier molecular flexibility index (Phi) is 6.79. The molecule has 1 aromatic rings. The van der Waals surface area contributed by atoms with Gasteiger partial charge in [-0.25, -0.2) is 0 Å². The molecular formula is C12H21N3O3S. The van der Waals surface area contributed by atoms with E-state index in [1.165, 1.54) is 7.11 Å². The van der Waals surface area contributed by atoms with E-state index in [0.717, 1.165) is 12.1 Å². The first-order valence-electron chi connectivity index (χ1n) is 6.13. The molecule has 19 heavy (non-hydrogen) atoms. The molecule has 0 aliphatic rings. The lowest BCUT2D eigenvalue weighted by molar-refractivity contribution is 0.204. The van der Waals surface area contributed by atoms with E-state index in [4.69, 9.17) is 4.74 Å². The number of hydrogen-bond acceptors (Lipinski definition) is 4. The monoisotopic (exact) mass is 287 g/mol. The van der Waals surface area contributed by atoms with Crippen LogP contribution in [-0.4, -0.2) is 35.2 Å². The predicted octanol–water partition coefficient (Wildman–Crippen LogP) is 0.689. The normalized spacial score (nSPS) is 11.5. The van der Waals surface area contributed by atoms with Gasteiger partial charge in [0.2, 0.25) is 0 Å². The van der Waals surface area contributed by atoms with Crippen molar-refractivity contribution in [1.82, 2.24) is 10.0 Å². The first-order chi connectivity index (χ1) is 9.07. The maximum Gasteiger partial charge on any atom is 0.299 e. The molecule has 0 fully saturated rings. The molecule has 0 saturated heterocycles. The van der Waals surface area contributed by atoms with E-state index in [1.807, 2.05) is 19.1 Å². The van der Waals surface area contributed by atoms with Crippen LogP contribution in [0.1, 0.15) is 12.5 Å². The van der Waals surface area contributed by atoms with Crippen molar-refractivity contribution in [1.29, 1.82) is 0 Å². The lowest BCUT2D eigenvalue weighted by Crippen LogP contribution is -2.32. The molecule has 3 N–H and O–H groups in total. The number of rotatable bonds is 9. The van der Waals surface area contributed by atoms with Crippen molar-refractivity contribution in [2.75, 3.05) is 31.5 Å². The Balaban J connectivity index is 2.60. The van der Waals surface area contributed by atoms with Crippen molar-refractivity contribution in [2.45, 2.75) is 13.5 Å². The Morgan fingerprint density at radius 1 is 1.32 bits per heavy atom. The van der Waals surface area contributed by atoms with Gasteiger partial charge in [0.15, 0.2) is 0 Å². The van der Waals surface area contributed by atoms with Crippen molar-refractivity contribution in [3.05, 3.63) is 29.8 Å². The molecule has 0 saturated carbocycles. The SMILES string of the molecule is CCNCc1cccc(NS(=O)(=O)NCCOC)c1. The van der Waals surface area contributed by atoms with Crippen LogP contribution in [0.25, 0.3) is 0 Å². The molecule has 0 atom stereocenters. The smallest absolute Gasteiger partial charge is 0.299 e. The summed E-state index contributed by atoms with van der Waals surface area (Å²) >= 11 is 0. The third-order valence-electron chi connectivity index (χ3n) is 2.36. The lowest BCUT2D eigenvalue weighted by Gasteiger charge is -2.10. The quantitative estimate of drug-likeness (QED) is 0.584. The average Bonchev–Trinajstić information content (AvgIpc) is 2.36. The molecular weight excluding hydrogens is 266 g/mol. The Morgan fingerprint density at radius 2 is 2.11 bits per heavy atom. The number of benzene rings is 1. The summed E-state index contributed by atoms with van der Waals surface area (Å²) in [5.41, 5.74) is 1.57. The summed E-state index contributed by atoms with van der Waals surface area (Å²) in [5, 5.41) is 3.19. The van der Waals surface area contributed by atoms with E-state index < -0.39 is 10.2 Å². The summed E-state index contributed by atoms with van der Waals surface area (Å²) in [5.74, 6) is 0. The first-order valence-corrected chi connectivity index (χ1v) is 7.61. The van der Waals surface area contributed by atoms with E-state index in [2.05, 4.69) is 14.8 Å². The fourth-order valence-corrected chi connectivity index (χ4v) is 2.34. The van der Waals surface area contributed by atoms with E-state index in [9.17, 15) is 8.42 Å². The first kappa shape index (κ1) is 15.9. The molecule has 0 heterocycles. The third-order valence-corrected chi connectivity index (χ3v) is 3.45. The number of methoxy groups -OCH3 is 1. The minimum absolute atomic E-state index is 0.239. The maximum atomic E-state index is 11.7. The molecule has 1 aromatic carbocycles. The molecule has 0 aromatic heterocycles. The van der Waals surface area contributed by atoms with Crippen molar-refractivity contribution < 1.29 is 13.2 Å². The van der Waals surface area contributed by atoms with Gasteiger partial charge in [-0.05, 0) is 24.2 Å². The zero-order valence-corrected chi connectivity index (χ0v) is 12.1. The molecule has 0 unspecified atom stereocenters. The van der Waals surface area contributed by atoms with E-state index in [-0.39, 0.29) is 6.54 Å². The highest BCUT2D eigenvalue weighted by molar-refractivity contribution is 7.90. The Morgan fingerprint density at radius 3 is 2.79 bits per heavy atom. The fourth-order valence-electron chi connectivity index (χ4n) is 1.48. The lowest BCUT2D eigenvalue weighted by atomic mass is 10.2. The van der Waals surface area contributed by atoms with E-state index >= 15 is 0 Å². The van der Waals surface area contributed by atoms with Gasteiger partial charge in [0, 0.05) is 20.2 Å². The van der Waals surface area contributed by atoms with Crippen LogP contribution in [0, 0.1) is 0 Å². The summed E-state index contributed by atoms with van der Waals surface area (Å²) in [6, 6.07) is 7.28. The van der Waals surface area contributed by atoms with Gasteiger partial charge >= 0.3 is 0 Å². The van der Waals surface area contributed by atoms with Gasteiger partial charge in [0.25, 0.3) is 10.2 Å². The topological polar surface area (TPSA) is 79.5 Å². The molecule has 0 aliphatic heterocycles. The minimum atomic E-state index is -3.54. The second-order valence-electron chi connectivity index (χ2n) is 3.97. The van der Waals surface area contributed by atoms with Gasteiger partial charge in [0.1, 0.15) is 0 Å². The zero-order chi connectivity index (χ0) is 14.1. The van der Waals surface area contributed by atoms with Crippen LogP contribution in [-0.2, 0) is 21.5 Å². The number of hydrogen-bond donors (Lipinski definition) is 3. The standard InChI is InChI=1S/C12H21N3O3S/c1-3-13-10-11-5-4-6-12(9-11)15-19(16,17)14-7-8-18-2/h4-6,9,13-15H,3,7-8,10H2,1-2H3. The molecule has 0 aliphatic carbocycles. The predicted molar refractivity (Wildman–Crippen MR) is 76.2 cm³/mol. The zero-order valence-electron chi connectivity index (χ0n) is 11.3. The van der Waals surface area contributed by atoms with Crippen LogP contribution in [0.4, 0.5) is 5.69 Å². The highest BCUT2D eigenvalue weighted by atomic mass is 32.2. The molecule has 0 radical (unpaired) electrons. The van der Waals surface area contributed by atoms with Crippen molar-refractivity contribution in [3.8, 4) is 0 Å². The van der Waals surface area contributed by atoms with Crippen LogP contribution in [0.3, 0.4) is 0 Å². The summed E-state index contributed by atoms with van der Waals surface area (Å²) in [6.07, 6.45) is 0. The van der Waals surface area contributed by atoms with Gasteiger partial charge < -0.3 is 10.1 Å². The summed E-state index contributed by atoms with van der Waals surface area (Å²) in [6.45, 7) is 4.17. The largest absolute Gasteiger partial charge is 0.383 e. The highest BCUT2D eigenvalue weighted by Crippen LogP contribution is 2.11. The molecule has 108 valence electrons.